The first-order chi connectivity index (χ1) is 9.63. The predicted molar refractivity (Wildman–Crippen MR) is 77.4 cm³/mol. The lowest BCUT2D eigenvalue weighted by Crippen LogP contribution is -1.87. The molecule has 3 rings (SSSR count). The Kier molecular flexibility index (Phi) is 3.33. The molecular weight excluding hydrogens is 346 g/mol. The molecule has 0 aliphatic heterocycles. The van der Waals surface area contributed by atoms with Crippen molar-refractivity contribution in [3.63, 3.8) is 0 Å². The predicted octanol–water partition coefficient (Wildman–Crippen LogP) is 4.14. The van der Waals surface area contributed by atoms with Gasteiger partial charge >= 0.3 is 0 Å². The Bertz CT molecular complexity index is 766. The van der Waals surface area contributed by atoms with Crippen molar-refractivity contribution in [1.82, 2.24) is 10.2 Å². The van der Waals surface area contributed by atoms with Crippen molar-refractivity contribution in [3.8, 4) is 22.2 Å². The standard InChI is InChI=1S/C12H6BrN3O3S/c13-10-6-5-9(20-10)12-15-14-11(19-12)7-1-3-8(4-2-7)16(17)18/h1-6H. The van der Waals surface area contributed by atoms with Gasteiger partial charge < -0.3 is 4.42 Å². The zero-order valence-electron chi connectivity index (χ0n) is 9.82. The number of nitro groups is 1. The van der Waals surface area contributed by atoms with Gasteiger partial charge in [-0.05, 0) is 40.2 Å². The third-order valence-electron chi connectivity index (χ3n) is 2.53. The molecule has 0 aliphatic carbocycles. The maximum Gasteiger partial charge on any atom is 0.269 e. The molecular formula is C12H6BrN3O3S. The molecule has 1 aromatic carbocycles. The highest BCUT2D eigenvalue weighted by Gasteiger charge is 2.13. The molecule has 0 radical (unpaired) electrons. The van der Waals surface area contributed by atoms with Gasteiger partial charge in [-0.1, -0.05) is 0 Å². The maximum absolute atomic E-state index is 10.6. The van der Waals surface area contributed by atoms with Crippen LogP contribution in [-0.2, 0) is 0 Å². The van der Waals surface area contributed by atoms with Crippen LogP contribution < -0.4 is 0 Å². The van der Waals surface area contributed by atoms with Gasteiger partial charge in [0.15, 0.2) is 0 Å². The highest BCUT2D eigenvalue weighted by molar-refractivity contribution is 9.11. The highest BCUT2D eigenvalue weighted by atomic mass is 79.9. The van der Waals surface area contributed by atoms with Crippen molar-refractivity contribution in [2.75, 3.05) is 0 Å². The average molecular weight is 352 g/mol. The van der Waals surface area contributed by atoms with Gasteiger partial charge in [0.2, 0.25) is 5.89 Å². The summed E-state index contributed by atoms with van der Waals surface area (Å²) in [5, 5.41) is 18.5. The molecule has 2 heterocycles. The fourth-order valence-electron chi connectivity index (χ4n) is 1.59. The van der Waals surface area contributed by atoms with E-state index in [0.717, 1.165) is 8.66 Å². The fourth-order valence-corrected chi connectivity index (χ4v) is 2.90. The number of hydrogen-bond acceptors (Lipinski definition) is 6. The second-order valence-corrected chi connectivity index (χ2v) is 6.28. The van der Waals surface area contributed by atoms with Crippen LogP contribution in [0.5, 0.6) is 0 Å². The van der Waals surface area contributed by atoms with Crippen LogP contribution in [0.4, 0.5) is 5.69 Å². The number of nitro benzene ring substituents is 1. The minimum Gasteiger partial charge on any atom is -0.415 e. The first kappa shape index (κ1) is 12.9. The van der Waals surface area contributed by atoms with Gasteiger partial charge in [0.25, 0.3) is 11.6 Å². The average Bonchev–Trinajstić information content (AvgIpc) is 3.07. The summed E-state index contributed by atoms with van der Waals surface area (Å²) in [6, 6.07) is 9.75. The summed E-state index contributed by atoms with van der Waals surface area (Å²) in [6.07, 6.45) is 0. The molecule has 0 aliphatic rings. The van der Waals surface area contributed by atoms with E-state index in [1.165, 1.54) is 23.5 Å². The van der Waals surface area contributed by atoms with E-state index in [9.17, 15) is 10.1 Å². The van der Waals surface area contributed by atoms with Gasteiger partial charge in [-0.3, -0.25) is 10.1 Å². The van der Waals surface area contributed by atoms with Crippen molar-refractivity contribution in [2.45, 2.75) is 0 Å². The number of thiophene rings is 1. The summed E-state index contributed by atoms with van der Waals surface area (Å²) < 4.78 is 6.54. The Morgan fingerprint density at radius 1 is 1.10 bits per heavy atom. The van der Waals surface area contributed by atoms with Gasteiger partial charge in [0.05, 0.1) is 13.6 Å². The number of rotatable bonds is 3. The lowest BCUT2D eigenvalue weighted by Gasteiger charge is -1.94. The van der Waals surface area contributed by atoms with E-state index in [1.54, 1.807) is 12.1 Å². The second-order valence-electron chi connectivity index (χ2n) is 3.82. The van der Waals surface area contributed by atoms with Gasteiger partial charge in [-0.2, -0.15) is 0 Å². The molecule has 0 spiro atoms. The minimum absolute atomic E-state index is 0.0238. The van der Waals surface area contributed by atoms with Crippen LogP contribution >= 0.6 is 27.3 Å². The summed E-state index contributed by atoms with van der Waals surface area (Å²) in [5.41, 5.74) is 0.667. The summed E-state index contributed by atoms with van der Waals surface area (Å²) in [7, 11) is 0. The second kappa shape index (κ2) is 5.14. The van der Waals surface area contributed by atoms with Crippen LogP contribution in [0.25, 0.3) is 22.2 Å². The Hall–Kier alpha value is -2.06. The van der Waals surface area contributed by atoms with Crippen molar-refractivity contribution >= 4 is 33.0 Å². The van der Waals surface area contributed by atoms with E-state index in [2.05, 4.69) is 26.1 Å². The van der Waals surface area contributed by atoms with Gasteiger partial charge in [0.1, 0.15) is 0 Å². The zero-order valence-corrected chi connectivity index (χ0v) is 12.2. The maximum atomic E-state index is 10.6. The van der Waals surface area contributed by atoms with Gasteiger partial charge in [0, 0.05) is 17.7 Å². The van der Waals surface area contributed by atoms with Crippen LogP contribution in [0.1, 0.15) is 0 Å². The number of nitrogens with zero attached hydrogens (tertiary/aromatic N) is 3. The molecule has 0 amide bonds. The fraction of sp³-hybridized carbons (Fsp3) is 0. The molecule has 8 heteroatoms. The molecule has 0 saturated heterocycles. The van der Waals surface area contributed by atoms with E-state index in [1.807, 2.05) is 12.1 Å². The van der Waals surface area contributed by atoms with Crippen LogP contribution in [0, 0.1) is 10.1 Å². The molecule has 6 nitrogen and oxygen atoms in total. The Morgan fingerprint density at radius 2 is 1.80 bits per heavy atom. The number of halogens is 1. The molecule has 0 saturated carbocycles. The molecule has 20 heavy (non-hydrogen) atoms. The van der Waals surface area contributed by atoms with Crippen LogP contribution in [0.2, 0.25) is 0 Å². The summed E-state index contributed by atoms with van der Waals surface area (Å²) in [5.74, 6) is 0.758. The lowest BCUT2D eigenvalue weighted by molar-refractivity contribution is -0.384. The van der Waals surface area contributed by atoms with E-state index >= 15 is 0 Å². The normalized spacial score (nSPS) is 10.7. The van der Waals surface area contributed by atoms with Crippen LogP contribution in [0.3, 0.4) is 0 Å². The van der Waals surface area contributed by atoms with E-state index in [4.69, 9.17) is 4.42 Å². The monoisotopic (exact) mass is 351 g/mol. The first-order valence-corrected chi connectivity index (χ1v) is 7.08. The highest BCUT2D eigenvalue weighted by Crippen LogP contribution is 2.32. The molecule has 2 aromatic heterocycles. The van der Waals surface area contributed by atoms with Crippen LogP contribution in [0.15, 0.2) is 44.6 Å². The van der Waals surface area contributed by atoms with Crippen molar-refractivity contribution in [1.29, 1.82) is 0 Å². The summed E-state index contributed by atoms with van der Waals surface area (Å²) in [4.78, 5) is 11.0. The quantitative estimate of drug-likeness (QED) is 0.523. The smallest absolute Gasteiger partial charge is 0.269 e. The number of non-ortho nitro benzene ring substituents is 1. The molecule has 0 atom stereocenters. The lowest BCUT2D eigenvalue weighted by atomic mass is 10.2. The number of benzene rings is 1. The molecule has 0 N–H and O–H groups in total. The molecule has 0 unspecified atom stereocenters. The minimum atomic E-state index is -0.452. The largest absolute Gasteiger partial charge is 0.415 e. The molecule has 3 aromatic rings. The van der Waals surface area contributed by atoms with E-state index < -0.39 is 4.92 Å². The third kappa shape index (κ3) is 2.47. The Labute approximate surface area is 125 Å². The van der Waals surface area contributed by atoms with Gasteiger partial charge in [-0.25, -0.2) is 0 Å². The van der Waals surface area contributed by atoms with E-state index in [-0.39, 0.29) is 5.69 Å². The van der Waals surface area contributed by atoms with Crippen molar-refractivity contribution in [2.24, 2.45) is 0 Å². The number of aromatic nitrogens is 2. The van der Waals surface area contributed by atoms with Crippen molar-refractivity contribution in [3.05, 3.63) is 50.3 Å². The summed E-state index contributed by atoms with van der Waals surface area (Å²) >= 11 is 4.85. The SMILES string of the molecule is O=[N+]([O-])c1ccc(-c2nnc(-c3ccc(Br)s3)o2)cc1. The first-order valence-electron chi connectivity index (χ1n) is 5.47. The molecule has 0 bridgehead atoms. The third-order valence-corrected chi connectivity index (χ3v) is 4.15. The van der Waals surface area contributed by atoms with E-state index in [0.29, 0.717) is 17.3 Å². The summed E-state index contributed by atoms with van der Waals surface area (Å²) in [6.45, 7) is 0. The Morgan fingerprint density at radius 3 is 2.40 bits per heavy atom. The van der Waals surface area contributed by atoms with Crippen molar-refractivity contribution < 1.29 is 9.34 Å². The van der Waals surface area contributed by atoms with Gasteiger partial charge in [-0.15, -0.1) is 21.5 Å². The van der Waals surface area contributed by atoms with Crippen LogP contribution in [-0.4, -0.2) is 15.1 Å². The zero-order chi connectivity index (χ0) is 14.1. The topological polar surface area (TPSA) is 82.1 Å². The Balaban J connectivity index is 1.91. The molecule has 100 valence electrons. The number of hydrogen-bond donors (Lipinski definition) is 0. The molecule has 0 fully saturated rings.